The molecule has 3 heterocycles. The van der Waals surface area contributed by atoms with Crippen LogP contribution in [0.4, 0.5) is 0 Å². The Kier molecular flexibility index (Phi) is 4.37. The van der Waals surface area contributed by atoms with E-state index in [9.17, 15) is 8.42 Å². The summed E-state index contributed by atoms with van der Waals surface area (Å²) < 4.78 is 37.0. The zero-order valence-electron chi connectivity index (χ0n) is 11.7. The van der Waals surface area contributed by atoms with Crippen molar-refractivity contribution < 1.29 is 17.6 Å². The van der Waals surface area contributed by atoms with E-state index in [1.165, 1.54) is 10.4 Å². The lowest BCUT2D eigenvalue weighted by Gasteiger charge is -2.12. The first-order valence-corrected chi connectivity index (χ1v) is 8.71. The third kappa shape index (κ3) is 3.11. The highest BCUT2D eigenvalue weighted by Gasteiger charge is 2.29. The van der Waals surface area contributed by atoms with E-state index in [1.54, 1.807) is 24.4 Å². The molecule has 0 atom stereocenters. The maximum Gasteiger partial charge on any atom is 0.276 e. The molecule has 0 spiro atoms. The fourth-order valence-corrected chi connectivity index (χ4v) is 3.88. The first-order valence-electron chi connectivity index (χ1n) is 6.89. The lowest BCUT2D eigenvalue weighted by Crippen LogP contribution is -2.27. The van der Waals surface area contributed by atoms with Crippen LogP contribution in [-0.4, -0.2) is 30.8 Å². The number of aromatic nitrogens is 1. The highest BCUT2D eigenvalue weighted by molar-refractivity contribution is 7.89. The van der Waals surface area contributed by atoms with Gasteiger partial charge in [-0.25, -0.2) is 13.4 Å². The Morgan fingerprint density at radius 3 is 2.77 bits per heavy atom. The summed E-state index contributed by atoms with van der Waals surface area (Å²) >= 11 is 5.89. The van der Waals surface area contributed by atoms with E-state index >= 15 is 0 Å². The number of sulfonamides is 1. The second kappa shape index (κ2) is 6.28. The standard InChI is InChI=1S/C14H15ClN2O4S/c15-14-12(4-3-7-16-14)20-10-11-5-6-13(21-11)22(18,19)17-8-1-2-9-17/h3-7H,1-2,8-10H2. The van der Waals surface area contributed by atoms with E-state index in [0.717, 1.165) is 12.8 Å². The number of nitrogens with zero attached hydrogens (tertiary/aromatic N) is 2. The van der Waals surface area contributed by atoms with Crippen molar-refractivity contribution in [3.05, 3.63) is 41.4 Å². The number of ether oxygens (including phenoxy) is 1. The fraction of sp³-hybridized carbons (Fsp3) is 0.357. The summed E-state index contributed by atoms with van der Waals surface area (Å²) in [5, 5.41) is 0.198. The normalized spacial score (nSPS) is 16.0. The lowest BCUT2D eigenvalue weighted by atomic mass is 10.4. The summed E-state index contributed by atoms with van der Waals surface area (Å²) in [7, 11) is -3.54. The van der Waals surface area contributed by atoms with E-state index in [2.05, 4.69) is 4.98 Å². The van der Waals surface area contributed by atoms with Crippen molar-refractivity contribution in [2.75, 3.05) is 13.1 Å². The lowest BCUT2D eigenvalue weighted by molar-refractivity contribution is 0.255. The van der Waals surface area contributed by atoms with Crippen LogP contribution in [0.15, 0.2) is 40.0 Å². The van der Waals surface area contributed by atoms with Crippen LogP contribution >= 0.6 is 11.6 Å². The monoisotopic (exact) mass is 342 g/mol. The summed E-state index contributed by atoms with van der Waals surface area (Å²) in [6.45, 7) is 1.17. The number of rotatable bonds is 5. The quantitative estimate of drug-likeness (QED) is 0.781. The second-order valence-corrected chi connectivity index (χ2v) is 7.14. The third-order valence-electron chi connectivity index (χ3n) is 3.39. The van der Waals surface area contributed by atoms with Crippen molar-refractivity contribution in [1.29, 1.82) is 0 Å². The fourth-order valence-electron chi connectivity index (χ4n) is 2.26. The van der Waals surface area contributed by atoms with Gasteiger partial charge < -0.3 is 9.15 Å². The third-order valence-corrected chi connectivity index (χ3v) is 5.45. The minimum atomic E-state index is -3.54. The van der Waals surface area contributed by atoms with Crippen molar-refractivity contribution >= 4 is 21.6 Å². The topological polar surface area (TPSA) is 72.6 Å². The minimum Gasteiger partial charge on any atom is -0.482 e. The summed E-state index contributed by atoms with van der Waals surface area (Å²) in [5.74, 6) is 0.835. The summed E-state index contributed by atoms with van der Waals surface area (Å²) in [4.78, 5) is 3.90. The van der Waals surface area contributed by atoms with Crippen LogP contribution < -0.4 is 4.74 Å². The van der Waals surface area contributed by atoms with Crippen molar-refractivity contribution in [1.82, 2.24) is 9.29 Å². The maximum absolute atomic E-state index is 12.3. The molecule has 0 saturated carbocycles. The molecule has 0 bridgehead atoms. The zero-order chi connectivity index (χ0) is 15.6. The van der Waals surface area contributed by atoms with Gasteiger partial charge in [0.1, 0.15) is 12.4 Å². The van der Waals surface area contributed by atoms with Crippen LogP contribution in [0.5, 0.6) is 5.75 Å². The van der Waals surface area contributed by atoms with E-state index in [0.29, 0.717) is 24.6 Å². The van der Waals surface area contributed by atoms with Crippen LogP contribution in [0.25, 0.3) is 0 Å². The van der Waals surface area contributed by atoms with Gasteiger partial charge in [-0.2, -0.15) is 4.31 Å². The van der Waals surface area contributed by atoms with Crippen LogP contribution in [0, 0.1) is 0 Å². The van der Waals surface area contributed by atoms with E-state index in [-0.39, 0.29) is 16.9 Å². The molecule has 0 aromatic carbocycles. The molecular formula is C14H15ClN2O4S. The minimum absolute atomic E-state index is 0.0507. The van der Waals surface area contributed by atoms with E-state index < -0.39 is 10.0 Å². The van der Waals surface area contributed by atoms with Crippen LogP contribution in [0.1, 0.15) is 18.6 Å². The molecule has 0 N–H and O–H groups in total. The Balaban J connectivity index is 1.70. The number of furan rings is 1. The molecule has 6 nitrogen and oxygen atoms in total. The van der Waals surface area contributed by atoms with Crippen molar-refractivity contribution in [2.45, 2.75) is 24.5 Å². The Morgan fingerprint density at radius 2 is 2.05 bits per heavy atom. The molecule has 1 saturated heterocycles. The molecule has 0 radical (unpaired) electrons. The molecule has 3 rings (SSSR count). The van der Waals surface area contributed by atoms with Gasteiger partial charge in [0.15, 0.2) is 10.9 Å². The summed E-state index contributed by atoms with van der Waals surface area (Å²) in [6, 6.07) is 6.43. The summed E-state index contributed by atoms with van der Waals surface area (Å²) in [5.41, 5.74) is 0. The predicted molar refractivity (Wildman–Crippen MR) is 80.3 cm³/mol. The van der Waals surface area contributed by atoms with Gasteiger partial charge in [-0.3, -0.25) is 0 Å². The molecule has 1 fully saturated rings. The molecule has 8 heteroatoms. The van der Waals surface area contributed by atoms with Crippen LogP contribution in [0.3, 0.4) is 0 Å². The van der Waals surface area contributed by atoms with Gasteiger partial charge in [0.25, 0.3) is 10.0 Å². The van der Waals surface area contributed by atoms with Gasteiger partial charge >= 0.3 is 0 Å². The van der Waals surface area contributed by atoms with Crippen LogP contribution in [-0.2, 0) is 16.6 Å². The molecule has 2 aromatic heterocycles. The van der Waals surface area contributed by atoms with Crippen LogP contribution in [0.2, 0.25) is 5.15 Å². The van der Waals surface area contributed by atoms with Gasteiger partial charge in [0.2, 0.25) is 5.09 Å². The Labute approximate surface area is 133 Å². The Bertz CT molecular complexity index is 754. The first-order chi connectivity index (χ1) is 10.6. The molecular weight excluding hydrogens is 328 g/mol. The largest absolute Gasteiger partial charge is 0.482 e. The average Bonchev–Trinajstić information content (AvgIpc) is 3.18. The Morgan fingerprint density at radius 1 is 1.27 bits per heavy atom. The number of halogens is 1. The van der Waals surface area contributed by atoms with Gasteiger partial charge in [-0.1, -0.05) is 11.6 Å². The van der Waals surface area contributed by atoms with Gasteiger partial charge in [0, 0.05) is 19.3 Å². The smallest absolute Gasteiger partial charge is 0.276 e. The molecule has 0 unspecified atom stereocenters. The highest BCUT2D eigenvalue weighted by atomic mass is 35.5. The molecule has 1 aliphatic heterocycles. The van der Waals surface area contributed by atoms with Gasteiger partial charge in [-0.05, 0) is 37.1 Å². The van der Waals surface area contributed by atoms with Gasteiger partial charge in [-0.15, -0.1) is 0 Å². The molecule has 22 heavy (non-hydrogen) atoms. The number of pyridine rings is 1. The molecule has 0 aliphatic carbocycles. The molecule has 0 amide bonds. The van der Waals surface area contributed by atoms with Crippen molar-refractivity contribution in [2.24, 2.45) is 0 Å². The number of hydrogen-bond acceptors (Lipinski definition) is 5. The Hall–Kier alpha value is -1.57. The van der Waals surface area contributed by atoms with Crippen molar-refractivity contribution in [3.63, 3.8) is 0 Å². The van der Waals surface area contributed by atoms with E-state index in [1.807, 2.05) is 0 Å². The van der Waals surface area contributed by atoms with Crippen molar-refractivity contribution in [3.8, 4) is 5.75 Å². The molecule has 118 valence electrons. The predicted octanol–water partition coefficient (Wildman–Crippen LogP) is 2.69. The highest BCUT2D eigenvalue weighted by Crippen LogP contribution is 2.25. The zero-order valence-corrected chi connectivity index (χ0v) is 13.3. The SMILES string of the molecule is O=S(=O)(c1ccc(COc2cccnc2Cl)o1)N1CCCC1. The number of hydrogen-bond donors (Lipinski definition) is 0. The van der Waals surface area contributed by atoms with Gasteiger partial charge in [0.05, 0.1) is 0 Å². The summed E-state index contributed by atoms with van der Waals surface area (Å²) in [6.07, 6.45) is 3.33. The molecule has 2 aromatic rings. The van der Waals surface area contributed by atoms with E-state index in [4.69, 9.17) is 20.8 Å². The second-order valence-electron chi connectivity index (χ2n) is 4.91. The first kappa shape index (κ1) is 15.3. The maximum atomic E-state index is 12.3. The molecule has 1 aliphatic rings. The average molecular weight is 343 g/mol.